The van der Waals surface area contributed by atoms with Crippen LogP contribution in [0, 0.1) is 13.8 Å². The lowest BCUT2D eigenvalue weighted by Crippen LogP contribution is -2.39. The lowest BCUT2D eigenvalue weighted by atomic mass is 10.1. The van der Waals surface area contributed by atoms with Gasteiger partial charge >= 0.3 is 6.03 Å². The van der Waals surface area contributed by atoms with Crippen LogP contribution in [-0.2, 0) is 4.79 Å². The molecule has 0 aliphatic carbocycles. The van der Waals surface area contributed by atoms with E-state index in [1.54, 1.807) is 6.92 Å². The Labute approximate surface area is 142 Å². The molecule has 2 aromatic rings. The molecule has 0 spiro atoms. The van der Waals surface area contributed by atoms with Crippen molar-refractivity contribution in [3.8, 4) is 0 Å². The molecule has 1 heterocycles. The molecule has 4 N–H and O–H groups in total. The fraction of sp³-hybridized carbons (Fsp3) is 0.286. The molecule has 122 valence electrons. The van der Waals surface area contributed by atoms with Gasteiger partial charge in [0.1, 0.15) is 0 Å². The molecule has 0 saturated carbocycles. The van der Waals surface area contributed by atoms with E-state index in [2.05, 4.69) is 22.4 Å². The van der Waals surface area contributed by atoms with Gasteiger partial charge in [-0.3, -0.25) is 10.1 Å². The van der Waals surface area contributed by atoms with E-state index in [4.69, 9.17) is 5.73 Å². The van der Waals surface area contributed by atoms with E-state index in [0.717, 1.165) is 5.69 Å². The number of urea groups is 1. The summed E-state index contributed by atoms with van der Waals surface area (Å²) in [4.78, 5) is 22.3. The highest BCUT2D eigenvalue weighted by atomic mass is 32.2. The SMILES string of the molecule is Cc1ccc(Nc2nnc(S[C@@H](C)C(=O)NC(N)=O)s2)cc1C. The van der Waals surface area contributed by atoms with Gasteiger partial charge in [0.2, 0.25) is 11.0 Å². The van der Waals surface area contributed by atoms with Crippen LogP contribution in [0.2, 0.25) is 0 Å². The van der Waals surface area contributed by atoms with Crippen molar-refractivity contribution in [3.63, 3.8) is 0 Å². The van der Waals surface area contributed by atoms with E-state index in [1.165, 1.54) is 34.2 Å². The Morgan fingerprint density at radius 3 is 2.65 bits per heavy atom. The molecule has 1 aromatic carbocycles. The van der Waals surface area contributed by atoms with Crippen molar-refractivity contribution < 1.29 is 9.59 Å². The van der Waals surface area contributed by atoms with Gasteiger partial charge in [-0.15, -0.1) is 10.2 Å². The number of benzene rings is 1. The number of aromatic nitrogens is 2. The summed E-state index contributed by atoms with van der Waals surface area (Å²) in [5.74, 6) is -0.457. The quantitative estimate of drug-likeness (QED) is 0.714. The summed E-state index contributed by atoms with van der Waals surface area (Å²) in [6, 6.07) is 5.17. The molecule has 0 saturated heterocycles. The summed E-state index contributed by atoms with van der Waals surface area (Å²) in [6.45, 7) is 5.76. The highest BCUT2D eigenvalue weighted by Crippen LogP contribution is 2.30. The fourth-order valence-electron chi connectivity index (χ4n) is 1.68. The average molecular weight is 351 g/mol. The Morgan fingerprint density at radius 1 is 1.26 bits per heavy atom. The van der Waals surface area contributed by atoms with Crippen molar-refractivity contribution in [1.82, 2.24) is 15.5 Å². The zero-order chi connectivity index (χ0) is 17.0. The first-order valence-electron chi connectivity index (χ1n) is 6.80. The van der Waals surface area contributed by atoms with Gasteiger partial charge in [0, 0.05) is 5.69 Å². The zero-order valence-electron chi connectivity index (χ0n) is 12.9. The van der Waals surface area contributed by atoms with Gasteiger partial charge in [-0.2, -0.15) is 0 Å². The van der Waals surface area contributed by atoms with Crippen molar-refractivity contribution in [3.05, 3.63) is 29.3 Å². The number of nitrogens with one attached hydrogen (secondary N) is 2. The number of amides is 3. The number of carbonyl (C=O) groups excluding carboxylic acids is 2. The van der Waals surface area contributed by atoms with Crippen molar-refractivity contribution in [2.45, 2.75) is 30.4 Å². The maximum absolute atomic E-state index is 11.6. The molecule has 0 bridgehead atoms. The monoisotopic (exact) mass is 351 g/mol. The Hall–Kier alpha value is -2.13. The minimum absolute atomic E-state index is 0.457. The summed E-state index contributed by atoms with van der Waals surface area (Å²) in [5.41, 5.74) is 8.26. The first-order chi connectivity index (χ1) is 10.8. The smallest absolute Gasteiger partial charge is 0.318 e. The second-order valence-electron chi connectivity index (χ2n) is 4.91. The van der Waals surface area contributed by atoms with Crippen LogP contribution in [0.4, 0.5) is 15.6 Å². The van der Waals surface area contributed by atoms with E-state index in [1.807, 2.05) is 30.4 Å². The molecule has 0 fully saturated rings. The van der Waals surface area contributed by atoms with Crippen LogP contribution in [0.15, 0.2) is 22.5 Å². The third-order valence-corrected chi connectivity index (χ3v) is 5.08. The molecular weight excluding hydrogens is 334 g/mol. The van der Waals surface area contributed by atoms with Gasteiger partial charge in [-0.25, -0.2) is 4.79 Å². The number of anilines is 2. The number of hydrogen-bond donors (Lipinski definition) is 3. The number of nitrogens with two attached hydrogens (primary N) is 1. The van der Waals surface area contributed by atoms with Gasteiger partial charge < -0.3 is 11.1 Å². The molecular formula is C14H17N5O2S2. The molecule has 0 aliphatic rings. The van der Waals surface area contributed by atoms with Crippen molar-refractivity contribution in [2.24, 2.45) is 5.73 Å². The molecule has 23 heavy (non-hydrogen) atoms. The molecule has 2 rings (SSSR count). The van der Waals surface area contributed by atoms with Gasteiger partial charge in [0.25, 0.3) is 0 Å². The first kappa shape index (κ1) is 17.2. The van der Waals surface area contributed by atoms with Crippen LogP contribution in [0.3, 0.4) is 0 Å². The number of primary amides is 1. The topological polar surface area (TPSA) is 110 Å². The second kappa shape index (κ2) is 7.42. The summed E-state index contributed by atoms with van der Waals surface area (Å²) < 4.78 is 0.628. The van der Waals surface area contributed by atoms with E-state index in [9.17, 15) is 9.59 Å². The zero-order valence-corrected chi connectivity index (χ0v) is 14.5. The Balaban J connectivity index is 1.98. The molecule has 0 unspecified atom stereocenters. The molecule has 1 aromatic heterocycles. The maximum Gasteiger partial charge on any atom is 0.318 e. The number of hydrogen-bond acceptors (Lipinski definition) is 7. The normalized spacial score (nSPS) is 11.8. The molecule has 1 atom stereocenters. The van der Waals surface area contributed by atoms with E-state index >= 15 is 0 Å². The van der Waals surface area contributed by atoms with Gasteiger partial charge in [-0.05, 0) is 44.0 Å². The van der Waals surface area contributed by atoms with Crippen molar-refractivity contribution in [1.29, 1.82) is 0 Å². The lowest BCUT2D eigenvalue weighted by Gasteiger charge is -2.07. The highest BCUT2D eigenvalue weighted by molar-refractivity contribution is 8.02. The number of aryl methyl sites for hydroxylation is 2. The highest BCUT2D eigenvalue weighted by Gasteiger charge is 2.18. The molecule has 9 heteroatoms. The van der Waals surface area contributed by atoms with Crippen molar-refractivity contribution in [2.75, 3.05) is 5.32 Å². The van der Waals surface area contributed by atoms with Crippen LogP contribution in [0.5, 0.6) is 0 Å². The third kappa shape index (κ3) is 4.93. The van der Waals surface area contributed by atoms with Crippen LogP contribution in [-0.4, -0.2) is 27.4 Å². The van der Waals surface area contributed by atoms with Crippen LogP contribution in [0.1, 0.15) is 18.1 Å². The maximum atomic E-state index is 11.6. The van der Waals surface area contributed by atoms with E-state index in [0.29, 0.717) is 9.47 Å². The first-order valence-corrected chi connectivity index (χ1v) is 8.49. The largest absolute Gasteiger partial charge is 0.351 e. The summed E-state index contributed by atoms with van der Waals surface area (Å²) in [7, 11) is 0. The number of imide groups is 1. The summed E-state index contributed by atoms with van der Waals surface area (Å²) in [6.07, 6.45) is 0. The predicted octanol–water partition coefficient (Wildman–Crippen LogP) is 2.57. The van der Waals surface area contributed by atoms with E-state index < -0.39 is 17.2 Å². The number of rotatable bonds is 5. The van der Waals surface area contributed by atoms with Crippen LogP contribution < -0.4 is 16.4 Å². The number of thioether (sulfide) groups is 1. The second-order valence-corrected chi connectivity index (χ2v) is 7.48. The summed E-state index contributed by atoms with van der Waals surface area (Å²) >= 11 is 2.55. The third-order valence-electron chi connectivity index (χ3n) is 3.06. The number of carbonyl (C=O) groups is 2. The van der Waals surface area contributed by atoms with Gasteiger partial charge in [-0.1, -0.05) is 29.2 Å². The summed E-state index contributed by atoms with van der Waals surface area (Å²) in [5, 5.41) is 13.4. The molecule has 3 amide bonds. The van der Waals surface area contributed by atoms with Crippen LogP contribution >= 0.6 is 23.1 Å². The Morgan fingerprint density at radius 2 is 2.00 bits per heavy atom. The standard InChI is InChI=1S/C14H17N5O2S2/c1-7-4-5-10(6-8(7)2)16-13-18-19-14(23-13)22-9(3)11(20)17-12(15)21/h4-6,9H,1-3H3,(H,16,18)(H3,15,17,20,21)/t9-/m0/s1. The molecule has 0 aliphatic heterocycles. The number of nitrogens with zero attached hydrogens (tertiary/aromatic N) is 2. The van der Waals surface area contributed by atoms with Gasteiger partial charge in [0.15, 0.2) is 4.34 Å². The predicted molar refractivity (Wildman–Crippen MR) is 92.2 cm³/mol. The fourth-order valence-corrected chi connectivity index (χ4v) is 3.59. The Kier molecular flexibility index (Phi) is 5.56. The van der Waals surface area contributed by atoms with Crippen molar-refractivity contribution >= 4 is 45.9 Å². The lowest BCUT2D eigenvalue weighted by molar-refractivity contribution is -0.119. The molecule has 0 radical (unpaired) electrons. The van der Waals surface area contributed by atoms with Crippen LogP contribution in [0.25, 0.3) is 0 Å². The minimum atomic E-state index is -0.864. The van der Waals surface area contributed by atoms with E-state index in [-0.39, 0.29) is 0 Å². The Bertz CT molecular complexity index is 732. The molecule has 7 nitrogen and oxygen atoms in total. The van der Waals surface area contributed by atoms with Gasteiger partial charge in [0.05, 0.1) is 5.25 Å². The average Bonchev–Trinajstić information content (AvgIpc) is 2.89. The minimum Gasteiger partial charge on any atom is -0.351 e.